The molecule has 8 heteroatoms. The summed E-state index contributed by atoms with van der Waals surface area (Å²) in [7, 11) is 4.57. The maximum absolute atomic E-state index is 13.3. The van der Waals surface area contributed by atoms with E-state index in [1.165, 1.54) is 28.3 Å². The minimum atomic E-state index is -0.255. The highest BCUT2D eigenvalue weighted by molar-refractivity contribution is 5.95. The van der Waals surface area contributed by atoms with E-state index >= 15 is 0 Å². The predicted octanol–water partition coefficient (Wildman–Crippen LogP) is 2.84. The lowest BCUT2D eigenvalue weighted by atomic mass is 9.88. The standard InChI is InChI=1S/C23H29N3O5/c1-15(27)25-21(18-9-5-6-10-24-18)16-8-7-11-26(14-16)23(28)17-12-19(29-2)22(31-4)20(13-17)30-3/h5-6,9-10,12-13,16,21H,7-8,11,14H2,1-4H3,(H,25,27)/t16-,21+/m0/s1. The molecule has 8 nitrogen and oxygen atoms in total. The Bertz CT molecular complexity index is 894. The van der Waals surface area contributed by atoms with Crippen LogP contribution in [-0.2, 0) is 4.79 Å². The van der Waals surface area contributed by atoms with Crippen LogP contribution in [0.25, 0.3) is 0 Å². The van der Waals surface area contributed by atoms with Crippen molar-refractivity contribution in [3.63, 3.8) is 0 Å². The number of likely N-dealkylation sites (tertiary alicyclic amines) is 1. The lowest BCUT2D eigenvalue weighted by Crippen LogP contribution is -2.45. The van der Waals surface area contributed by atoms with Gasteiger partial charge in [-0.2, -0.15) is 0 Å². The molecule has 2 atom stereocenters. The average molecular weight is 428 g/mol. The second-order valence-electron chi connectivity index (χ2n) is 7.50. The van der Waals surface area contributed by atoms with Crippen molar-refractivity contribution in [3.8, 4) is 17.2 Å². The van der Waals surface area contributed by atoms with Crippen LogP contribution in [0, 0.1) is 5.92 Å². The lowest BCUT2D eigenvalue weighted by Gasteiger charge is -2.37. The molecule has 31 heavy (non-hydrogen) atoms. The number of nitrogens with one attached hydrogen (secondary N) is 1. The first-order valence-electron chi connectivity index (χ1n) is 10.3. The number of hydrogen-bond donors (Lipinski definition) is 1. The Balaban J connectivity index is 1.85. The normalized spacial score (nSPS) is 16.9. The molecular formula is C23H29N3O5. The number of methoxy groups -OCH3 is 3. The summed E-state index contributed by atoms with van der Waals surface area (Å²) in [6.45, 7) is 2.65. The van der Waals surface area contributed by atoms with Crippen molar-refractivity contribution in [1.82, 2.24) is 15.2 Å². The van der Waals surface area contributed by atoms with Crippen LogP contribution in [0.1, 0.15) is 41.9 Å². The Morgan fingerprint density at radius 1 is 1.13 bits per heavy atom. The van der Waals surface area contributed by atoms with Gasteiger partial charge in [0.1, 0.15) is 0 Å². The number of amides is 2. The quantitative estimate of drug-likeness (QED) is 0.731. The highest BCUT2D eigenvalue weighted by atomic mass is 16.5. The van der Waals surface area contributed by atoms with Crippen molar-refractivity contribution < 1.29 is 23.8 Å². The molecule has 166 valence electrons. The molecule has 1 aliphatic heterocycles. The van der Waals surface area contributed by atoms with Crippen LogP contribution in [0.2, 0.25) is 0 Å². The van der Waals surface area contributed by atoms with Crippen molar-refractivity contribution in [2.75, 3.05) is 34.4 Å². The van der Waals surface area contributed by atoms with E-state index in [4.69, 9.17) is 14.2 Å². The van der Waals surface area contributed by atoms with Crippen LogP contribution in [0.3, 0.4) is 0 Å². The Kier molecular flexibility index (Phi) is 7.33. The second kappa shape index (κ2) is 10.1. The van der Waals surface area contributed by atoms with Crippen molar-refractivity contribution >= 4 is 11.8 Å². The van der Waals surface area contributed by atoms with Crippen molar-refractivity contribution in [1.29, 1.82) is 0 Å². The first-order valence-corrected chi connectivity index (χ1v) is 10.3. The van der Waals surface area contributed by atoms with E-state index < -0.39 is 0 Å². The molecule has 1 aromatic heterocycles. The largest absolute Gasteiger partial charge is 0.493 e. The fourth-order valence-corrected chi connectivity index (χ4v) is 4.07. The molecule has 1 fully saturated rings. The maximum Gasteiger partial charge on any atom is 0.254 e. The zero-order chi connectivity index (χ0) is 22.4. The Morgan fingerprint density at radius 3 is 2.39 bits per heavy atom. The van der Waals surface area contributed by atoms with E-state index in [1.807, 2.05) is 23.1 Å². The minimum absolute atomic E-state index is 0.0542. The molecule has 1 saturated heterocycles. The number of hydrogen-bond acceptors (Lipinski definition) is 6. The molecule has 1 aliphatic rings. The van der Waals surface area contributed by atoms with Gasteiger partial charge in [-0.15, -0.1) is 0 Å². The minimum Gasteiger partial charge on any atom is -0.493 e. The third-order valence-corrected chi connectivity index (χ3v) is 5.49. The molecule has 1 N–H and O–H groups in total. The summed E-state index contributed by atoms with van der Waals surface area (Å²) in [5.41, 5.74) is 1.26. The number of piperidine rings is 1. The topological polar surface area (TPSA) is 90.0 Å². The van der Waals surface area contributed by atoms with E-state index in [9.17, 15) is 9.59 Å². The molecule has 0 unspecified atom stereocenters. The molecule has 1 aromatic carbocycles. The van der Waals surface area contributed by atoms with Gasteiger partial charge < -0.3 is 24.4 Å². The molecule has 0 bridgehead atoms. The van der Waals surface area contributed by atoms with Gasteiger partial charge in [-0.3, -0.25) is 14.6 Å². The van der Waals surface area contributed by atoms with Crippen molar-refractivity contribution in [3.05, 3.63) is 47.8 Å². The summed E-state index contributed by atoms with van der Waals surface area (Å²) in [5.74, 6) is 1.12. The number of carbonyl (C=O) groups excluding carboxylic acids is 2. The summed E-state index contributed by atoms with van der Waals surface area (Å²) in [6, 6.07) is 8.72. The Hall–Kier alpha value is -3.29. The van der Waals surface area contributed by atoms with Gasteiger partial charge in [-0.25, -0.2) is 0 Å². The highest BCUT2D eigenvalue weighted by Crippen LogP contribution is 2.39. The van der Waals surface area contributed by atoms with Gasteiger partial charge in [0.15, 0.2) is 11.5 Å². The van der Waals surface area contributed by atoms with Gasteiger partial charge in [0.05, 0.1) is 33.1 Å². The van der Waals surface area contributed by atoms with E-state index in [-0.39, 0.29) is 23.8 Å². The maximum atomic E-state index is 13.3. The number of ether oxygens (including phenoxy) is 3. The number of rotatable bonds is 7. The average Bonchev–Trinajstić information content (AvgIpc) is 2.81. The molecule has 2 aromatic rings. The number of aromatic nitrogens is 1. The molecule has 2 heterocycles. The highest BCUT2D eigenvalue weighted by Gasteiger charge is 2.32. The van der Waals surface area contributed by atoms with Gasteiger partial charge in [-0.05, 0) is 37.1 Å². The summed E-state index contributed by atoms with van der Waals surface area (Å²) in [5, 5.41) is 3.02. The van der Waals surface area contributed by atoms with Crippen molar-refractivity contribution in [2.45, 2.75) is 25.8 Å². The summed E-state index contributed by atoms with van der Waals surface area (Å²) in [6.07, 6.45) is 3.44. The van der Waals surface area contributed by atoms with Gasteiger partial charge in [0, 0.05) is 37.7 Å². The Morgan fingerprint density at radius 2 is 1.84 bits per heavy atom. The van der Waals surface area contributed by atoms with Gasteiger partial charge in [-0.1, -0.05) is 6.07 Å². The number of nitrogens with zero attached hydrogens (tertiary/aromatic N) is 2. The SMILES string of the molecule is COc1cc(C(=O)N2CCC[C@H]([C@@H](NC(C)=O)c3ccccn3)C2)cc(OC)c1OC. The van der Waals surface area contributed by atoms with E-state index in [0.29, 0.717) is 35.9 Å². The third-order valence-electron chi connectivity index (χ3n) is 5.49. The molecular weight excluding hydrogens is 398 g/mol. The number of pyridine rings is 1. The van der Waals surface area contributed by atoms with E-state index in [2.05, 4.69) is 10.3 Å². The fourth-order valence-electron chi connectivity index (χ4n) is 4.07. The molecule has 0 aliphatic carbocycles. The lowest BCUT2D eigenvalue weighted by molar-refractivity contribution is -0.120. The summed E-state index contributed by atoms with van der Waals surface area (Å²) in [4.78, 5) is 31.4. The zero-order valence-electron chi connectivity index (χ0n) is 18.4. The molecule has 0 spiro atoms. The fraction of sp³-hybridized carbons (Fsp3) is 0.435. The van der Waals surface area contributed by atoms with Crippen LogP contribution in [0.4, 0.5) is 0 Å². The second-order valence-corrected chi connectivity index (χ2v) is 7.50. The summed E-state index contributed by atoms with van der Waals surface area (Å²) < 4.78 is 16.1. The number of carbonyl (C=O) groups is 2. The van der Waals surface area contributed by atoms with Gasteiger partial charge >= 0.3 is 0 Å². The van der Waals surface area contributed by atoms with Crippen LogP contribution in [0.15, 0.2) is 36.5 Å². The Labute approximate surface area is 182 Å². The predicted molar refractivity (Wildman–Crippen MR) is 116 cm³/mol. The first kappa shape index (κ1) is 22.4. The van der Waals surface area contributed by atoms with Crippen LogP contribution in [0.5, 0.6) is 17.2 Å². The van der Waals surface area contributed by atoms with Crippen LogP contribution >= 0.6 is 0 Å². The van der Waals surface area contributed by atoms with Crippen LogP contribution < -0.4 is 19.5 Å². The monoisotopic (exact) mass is 427 g/mol. The van der Waals surface area contributed by atoms with Gasteiger partial charge in [0.2, 0.25) is 11.7 Å². The summed E-state index contributed by atoms with van der Waals surface area (Å²) >= 11 is 0. The van der Waals surface area contributed by atoms with Crippen LogP contribution in [-0.4, -0.2) is 56.1 Å². The number of benzene rings is 1. The third kappa shape index (κ3) is 5.07. The zero-order valence-corrected chi connectivity index (χ0v) is 18.4. The molecule has 0 saturated carbocycles. The van der Waals surface area contributed by atoms with E-state index in [1.54, 1.807) is 18.3 Å². The first-order chi connectivity index (χ1) is 15.0. The van der Waals surface area contributed by atoms with Gasteiger partial charge in [0.25, 0.3) is 5.91 Å². The molecule has 0 radical (unpaired) electrons. The van der Waals surface area contributed by atoms with E-state index in [0.717, 1.165) is 18.5 Å². The smallest absolute Gasteiger partial charge is 0.254 e. The molecule has 3 rings (SSSR count). The molecule has 2 amide bonds. The van der Waals surface area contributed by atoms with Crippen molar-refractivity contribution in [2.24, 2.45) is 5.92 Å².